The molecule has 0 aliphatic carbocycles. The number of hydrogen-bond acceptors (Lipinski definition) is 5. The van der Waals surface area contributed by atoms with Crippen molar-refractivity contribution in [3.63, 3.8) is 0 Å². The minimum absolute atomic E-state index is 0.207. The fourth-order valence-electron chi connectivity index (χ4n) is 3.08. The molecule has 0 spiro atoms. The molecule has 0 unspecified atom stereocenters. The summed E-state index contributed by atoms with van der Waals surface area (Å²) in [5.41, 5.74) is 1.90. The van der Waals surface area contributed by atoms with Gasteiger partial charge in [0, 0.05) is 17.0 Å². The van der Waals surface area contributed by atoms with Crippen LogP contribution in [-0.4, -0.2) is 30.4 Å². The van der Waals surface area contributed by atoms with Gasteiger partial charge in [0.25, 0.3) is 0 Å². The average molecular weight is 406 g/mol. The number of nitrogens with zero attached hydrogens (tertiary/aromatic N) is 4. The molecule has 0 bridgehead atoms. The number of carboxylic acids is 1. The lowest BCUT2D eigenvalue weighted by molar-refractivity contribution is -0.138. The lowest BCUT2D eigenvalue weighted by atomic mass is 10.0. The number of imidazole rings is 1. The summed E-state index contributed by atoms with van der Waals surface area (Å²) >= 11 is 1.08. The maximum atomic E-state index is 14.6. The molecule has 0 fully saturated rings. The Morgan fingerprint density at radius 2 is 2.03 bits per heavy atom. The zero-order valence-corrected chi connectivity index (χ0v) is 16.4. The van der Waals surface area contributed by atoms with Crippen LogP contribution in [0.4, 0.5) is 4.39 Å². The summed E-state index contributed by atoms with van der Waals surface area (Å²) in [5, 5.41) is 20.1. The first-order valence-corrected chi connectivity index (χ1v) is 9.52. The van der Waals surface area contributed by atoms with Gasteiger partial charge in [-0.1, -0.05) is 23.9 Å². The SMILES string of the molecule is CC(C)(Sc1nc2cccnc2n1-c1ccc(C#N)c2c(F)cccc12)C(=O)O. The standard InChI is InChI=1S/C21H15FN4O2S/c1-21(2,19(27)28)29-20-25-15-7-4-10-24-18(15)26(20)16-9-8-12(11-23)17-13(16)5-3-6-14(17)22/h3-10H,1-2H3,(H,27,28). The van der Waals surface area contributed by atoms with E-state index in [1.165, 1.54) is 6.07 Å². The molecule has 0 atom stereocenters. The molecule has 0 amide bonds. The fourth-order valence-corrected chi connectivity index (χ4v) is 4.05. The van der Waals surface area contributed by atoms with Gasteiger partial charge in [-0.2, -0.15) is 5.26 Å². The number of aromatic nitrogens is 3. The van der Waals surface area contributed by atoms with Gasteiger partial charge in [0.1, 0.15) is 16.1 Å². The number of carbonyl (C=O) groups is 1. The summed E-state index contributed by atoms with van der Waals surface area (Å²) < 4.78 is 15.1. The Bertz CT molecular complexity index is 1320. The Kier molecular flexibility index (Phi) is 4.47. The van der Waals surface area contributed by atoms with Crippen LogP contribution in [0.25, 0.3) is 27.6 Å². The summed E-state index contributed by atoms with van der Waals surface area (Å²) in [4.78, 5) is 20.6. The number of carboxylic acid groups (broad SMARTS) is 1. The number of rotatable bonds is 4. The van der Waals surface area contributed by atoms with E-state index in [9.17, 15) is 19.6 Å². The van der Waals surface area contributed by atoms with Crippen molar-refractivity contribution >= 4 is 39.7 Å². The van der Waals surface area contributed by atoms with E-state index in [1.54, 1.807) is 61.0 Å². The van der Waals surface area contributed by atoms with E-state index >= 15 is 0 Å². The van der Waals surface area contributed by atoms with Gasteiger partial charge in [-0.05, 0) is 44.2 Å². The molecule has 2 aromatic carbocycles. The predicted molar refractivity (Wildman–Crippen MR) is 109 cm³/mol. The molecular formula is C21H15FN4O2S. The van der Waals surface area contributed by atoms with Gasteiger partial charge < -0.3 is 5.11 Å². The van der Waals surface area contributed by atoms with E-state index in [1.807, 2.05) is 6.07 Å². The number of benzene rings is 2. The van der Waals surface area contributed by atoms with Crippen molar-refractivity contribution in [1.82, 2.24) is 14.5 Å². The highest BCUT2D eigenvalue weighted by Gasteiger charge is 2.32. The molecule has 2 heterocycles. The van der Waals surface area contributed by atoms with Gasteiger partial charge >= 0.3 is 5.97 Å². The molecule has 0 radical (unpaired) electrons. The fraction of sp³-hybridized carbons (Fsp3) is 0.143. The number of hydrogen-bond donors (Lipinski definition) is 1. The number of thioether (sulfide) groups is 1. The first-order chi connectivity index (χ1) is 13.8. The maximum absolute atomic E-state index is 14.6. The van der Waals surface area contributed by atoms with E-state index < -0.39 is 16.5 Å². The molecule has 2 aromatic heterocycles. The van der Waals surface area contributed by atoms with Crippen LogP contribution in [0.3, 0.4) is 0 Å². The zero-order valence-electron chi connectivity index (χ0n) is 15.5. The normalized spacial score (nSPS) is 11.7. The van der Waals surface area contributed by atoms with Crippen molar-refractivity contribution in [2.45, 2.75) is 23.8 Å². The van der Waals surface area contributed by atoms with E-state index in [2.05, 4.69) is 9.97 Å². The van der Waals surface area contributed by atoms with Crippen molar-refractivity contribution in [1.29, 1.82) is 5.26 Å². The molecule has 4 rings (SSSR count). The highest BCUT2D eigenvalue weighted by Crippen LogP contribution is 2.38. The molecule has 0 aliphatic rings. The Balaban J connectivity index is 2.07. The second kappa shape index (κ2) is 6.87. The van der Waals surface area contributed by atoms with Crippen LogP contribution in [-0.2, 0) is 4.79 Å². The highest BCUT2D eigenvalue weighted by molar-refractivity contribution is 8.01. The van der Waals surface area contributed by atoms with Crippen LogP contribution in [0.1, 0.15) is 19.4 Å². The van der Waals surface area contributed by atoms with Crippen LogP contribution in [0, 0.1) is 17.1 Å². The molecule has 8 heteroatoms. The van der Waals surface area contributed by atoms with Gasteiger partial charge in [-0.25, -0.2) is 14.4 Å². The smallest absolute Gasteiger partial charge is 0.319 e. The quantitative estimate of drug-likeness (QED) is 0.500. The first kappa shape index (κ1) is 18.9. The van der Waals surface area contributed by atoms with Crippen LogP contribution < -0.4 is 0 Å². The molecular weight excluding hydrogens is 391 g/mol. The van der Waals surface area contributed by atoms with Crippen LogP contribution in [0.5, 0.6) is 0 Å². The Morgan fingerprint density at radius 3 is 2.76 bits per heavy atom. The number of aliphatic carboxylic acids is 1. The van der Waals surface area contributed by atoms with Gasteiger partial charge in [0.15, 0.2) is 10.8 Å². The second-order valence-electron chi connectivity index (χ2n) is 6.90. The Labute approximate surface area is 169 Å². The second-order valence-corrected chi connectivity index (χ2v) is 8.49. The third-order valence-electron chi connectivity index (χ3n) is 4.57. The first-order valence-electron chi connectivity index (χ1n) is 8.71. The van der Waals surface area contributed by atoms with Crippen LogP contribution in [0.15, 0.2) is 53.8 Å². The van der Waals surface area contributed by atoms with Gasteiger partial charge in [-0.15, -0.1) is 0 Å². The van der Waals surface area contributed by atoms with Gasteiger partial charge in [0.05, 0.1) is 17.3 Å². The summed E-state index contributed by atoms with van der Waals surface area (Å²) in [6.07, 6.45) is 1.61. The topological polar surface area (TPSA) is 91.8 Å². The lowest BCUT2D eigenvalue weighted by Gasteiger charge is -2.19. The summed E-state index contributed by atoms with van der Waals surface area (Å²) in [6.45, 7) is 3.18. The van der Waals surface area contributed by atoms with Gasteiger partial charge in [0.2, 0.25) is 0 Å². The molecule has 1 N–H and O–H groups in total. The van der Waals surface area contributed by atoms with Crippen LogP contribution >= 0.6 is 11.8 Å². The van der Waals surface area contributed by atoms with Gasteiger partial charge in [-0.3, -0.25) is 9.36 Å². The van der Waals surface area contributed by atoms with Crippen LogP contribution in [0.2, 0.25) is 0 Å². The molecule has 0 aliphatic heterocycles. The van der Waals surface area contributed by atoms with E-state index in [0.29, 0.717) is 27.4 Å². The number of fused-ring (bicyclic) bond motifs is 2. The molecule has 144 valence electrons. The largest absolute Gasteiger partial charge is 0.480 e. The Morgan fingerprint density at radius 1 is 1.24 bits per heavy atom. The number of halogens is 1. The van der Waals surface area contributed by atoms with Crippen molar-refractivity contribution in [2.75, 3.05) is 0 Å². The number of nitriles is 1. The van der Waals surface area contributed by atoms with Crippen molar-refractivity contribution in [2.24, 2.45) is 0 Å². The summed E-state index contributed by atoms with van der Waals surface area (Å²) in [7, 11) is 0. The maximum Gasteiger partial charge on any atom is 0.319 e. The van der Waals surface area contributed by atoms with E-state index in [-0.39, 0.29) is 10.9 Å². The van der Waals surface area contributed by atoms with E-state index in [4.69, 9.17) is 0 Å². The van der Waals surface area contributed by atoms with Crippen molar-refractivity contribution in [3.8, 4) is 11.8 Å². The summed E-state index contributed by atoms with van der Waals surface area (Å²) in [6, 6.07) is 13.4. The van der Waals surface area contributed by atoms with E-state index in [0.717, 1.165) is 11.8 Å². The lowest BCUT2D eigenvalue weighted by Crippen LogP contribution is -2.27. The molecule has 29 heavy (non-hydrogen) atoms. The molecule has 4 aromatic rings. The van der Waals surface area contributed by atoms with Crippen molar-refractivity contribution < 1.29 is 14.3 Å². The molecule has 0 saturated carbocycles. The third-order valence-corrected chi connectivity index (χ3v) is 5.72. The minimum atomic E-state index is -1.15. The predicted octanol–water partition coefficient (Wildman–Crippen LogP) is 4.54. The number of pyridine rings is 1. The highest BCUT2D eigenvalue weighted by atomic mass is 32.2. The van der Waals surface area contributed by atoms with Crippen molar-refractivity contribution in [3.05, 3.63) is 60.0 Å². The summed E-state index contributed by atoms with van der Waals surface area (Å²) in [5.74, 6) is -1.48. The molecule has 6 nitrogen and oxygen atoms in total. The Hall–Kier alpha value is -3.44. The average Bonchev–Trinajstić information content (AvgIpc) is 3.04. The molecule has 0 saturated heterocycles. The zero-order chi connectivity index (χ0) is 20.8. The third kappa shape index (κ3) is 3.09. The minimum Gasteiger partial charge on any atom is -0.480 e. The monoisotopic (exact) mass is 406 g/mol.